The Balaban J connectivity index is 1.35. The summed E-state index contributed by atoms with van der Waals surface area (Å²) in [5.74, 6) is 1.75. The van der Waals surface area contributed by atoms with Crippen LogP contribution in [0.15, 0.2) is 49.4 Å². The second-order valence-corrected chi connectivity index (χ2v) is 6.64. The number of imidazole rings is 1. The van der Waals surface area contributed by atoms with Crippen LogP contribution in [-0.4, -0.2) is 37.6 Å². The molecule has 6 heteroatoms. The van der Waals surface area contributed by atoms with E-state index < -0.39 is 0 Å². The van der Waals surface area contributed by atoms with Gasteiger partial charge < -0.3 is 9.47 Å². The fourth-order valence-electron chi connectivity index (χ4n) is 3.47. The number of piperidine rings is 1. The molecule has 0 N–H and O–H groups in total. The topological polar surface area (TPSA) is 59.7 Å². The first-order valence-electron chi connectivity index (χ1n) is 8.72. The average molecular weight is 334 g/mol. The van der Waals surface area contributed by atoms with Crippen LogP contribution >= 0.6 is 0 Å². The van der Waals surface area contributed by atoms with Gasteiger partial charge in [0.1, 0.15) is 12.1 Å². The third-order valence-corrected chi connectivity index (χ3v) is 4.93. The molecule has 1 fully saturated rings. The van der Waals surface area contributed by atoms with E-state index in [9.17, 15) is 0 Å². The molecular weight excluding hydrogens is 312 g/mol. The number of anilines is 1. The highest BCUT2D eigenvalue weighted by Crippen LogP contribution is 2.25. The number of hydrogen-bond acceptors (Lipinski definition) is 5. The van der Waals surface area contributed by atoms with Crippen LogP contribution in [0.25, 0.3) is 11.4 Å². The third kappa shape index (κ3) is 3.52. The highest BCUT2D eigenvalue weighted by molar-refractivity contribution is 5.53. The fraction of sp³-hybridized carbons (Fsp3) is 0.368. The van der Waals surface area contributed by atoms with Crippen molar-refractivity contribution in [1.29, 1.82) is 0 Å². The van der Waals surface area contributed by atoms with Gasteiger partial charge in [-0.15, -0.1) is 0 Å². The number of hydrogen-bond donors (Lipinski definition) is 0. The first kappa shape index (κ1) is 15.7. The molecule has 0 aromatic carbocycles. The molecule has 4 heterocycles. The molecule has 6 nitrogen and oxygen atoms in total. The lowest BCUT2D eigenvalue weighted by atomic mass is 9.90. The van der Waals surface area contributed by atoms with E-state index in [2.05, 4.69) is 37.0 Å². The van der Waals surface area contributed by atoms with Gasteiger partial charge in [0.05, 0.1) is 23.9 Å². The van der Waals surface area contributed by atoms with Crippen LogP contribution < -0.4 is 4.90 Å². The molecule has 1 aliphatic rings. The van der Waals surface area contributed by atoms with Crippen LogP contribution in [0.4, 0.5) is 5.82 Å². The van der Waals surface area contributed by atoms with Crippen molar-refractivity contribution in [3.63, 3.8) is 0 Å². The smallest absolute Gasteiger partial charge is 0.131 e. The van der Waals surface area contributed by atoms with Crippen molar-refractivity contribution in [2.24, 2.45) is 13.0 Å². The molecule has 0 atom stereocenters. The standard InChI is InChI=1S/C19H22N6/c1-24-14-21-12-18(24)17-3-2-16(11-22-17)10-15-5-8-25(9-6-15)19-4-7-20-13-23-19/h2-4,7,11-15H,5-6,8-10H2,1H3. The van der Waals surface area contributed by atoms with Crippen molar-refractivity contribution in [2.75, 3.05) is 18.0 Å². The summed E-state index contributed by atoms with van der Waals surface area (Å²) in [6.45, 7) is 2.12. The lowest BCUT2D eigenvalue weighted by molar-refractivity contribution is 0.402. The molecular formula is C19H22N6. The zero-order valence-electron chi connectivity index (χ0n) is 14.4. The molecule has 0 spiro atoms. The average Bonchev–Trinajstić information content (AvgIpc) is 3.10. The number of rotatable bonds is 4. The van der Waals surface area contributed by atoms with E-state index in [4.69, 9.17) is 0 Å². The Bertz CT molecular complexity index is 803. The summed E-state index contributed by atoms with van der Waals surface area (Å²) in [6, 6.07) is 6.29. The van der Waals surface area contributed by atoms with Gasteiger partial charge >= 0.3 is 0 Å². The van der Waals surface area contributed by atoms with Crippen molar-refractivity contribution >= 4 is 5.82 Å². The SMILES string of the molecule is Cn1cncc1-c1ccc(CC2CCN(c3ccncn3)CC2)cn1. The predicted octanol–water partition coefficient (Wildman–Crippen LogP) is 2.73. The van der Waals surface area contributed by atoms with Gasteiger partial charge in [-0.25, -0.2) is 15.0 Å². The van der Waals surface area contributed by atoms with Gasteiger partial charge in [-0.2, -0.15) is 0 Å². The summed E-state index contributed by atoms with van der Waals surface area (Å²) in [5.41, 5.74) is 3.33. The van der Waals surface area contributed by atoms with Gasteiger partial charge in [-0.3, -0.25) is 4.98 Å². The van der Waals surface area contributed by atoms with Crippen LogP contribution in [0.2, 0.25) is 0 Å². The van der Waals surface area contributed by atoms with Gasteiger partial charge in [0.25, 0.3) is 0 Å². The monoisotopic (exact) mass is 334 g/mol. The van der Waals surface area contributed by atoms with E-state index in [1.165, 1.54) is 18.4 Å². The van der Waals surface area contributed by atoms with Crippen molar-refractivity contribution in [3.05, 3.63) is 55.0 Å². The minimum Gasteiger partial charge on any atom is -0.357 e. The van der Waals surface area contributed by atoms with Crippen LogP contribution in [0.1, 0.15) is 18.4 Å². The van der Waals surface area contributed by atoms with Gasteiger partial charge in [0, 0.05) is 32.5 Å². The molecule has 25 heavy (non-hydrogen) atoms. The lowest BCUT2D eigenvalue weighted by Gasteiger charge is -2.32. The Morgan fingerprint density at radius 2 is 1.92 bits per heavy atom. The molecule has 0 unspecified atom stereocenters. The molecule has 0 bridgehead atoms. The second kappa shape index (κ2) is 7.01. The zero-order chi connectivity index (χ0) is 17.1. The summed E-state index contributed by atoms with van der Waals surface area (Å²) in [4.78, 5) is 19.5. The Morgan fingerprint density at radius 1 is 1.04 bits per heavy atom. The van der Waals surface area contributed by atoms with E-state index in [1.807, 2.05) is 36.3 Å². The first-order valence-corrected chi connectivity index (χ1v) is 8.72. The second-order valence-electron chi connectivity index (χ2n) is 6.64. The van der Waals surface area contributed by atoms with Crippen LogP contribution in [-0.2, 0) is 13.5 Å². The van der Waals surface area contributed by atoms with Crippen molar-refractivity contribution in [3.8, 4) is 11.4 Å². The fourth-order valence-corrected chi connectivity index (χ4v) is 3.47. The highest BCUT2D eigenvalue weighted by atomic mass is 15.2. The summed E-state index contributed by atoms with van der Waals surface area (Å²) in [5, 5.41) is 0. The van der Waals surface area contributed by atoms with Crippen molar-refractivity contribution in [1.82, 2.24) is 24.5 Å². The Labute approximate surface area is 147 Å². The molecule has 0 aliphatic carbocycles. The van der Waals surface area contributed by atoms with E-state index in [1.54, 1.807) is 12.7 Å². The van der Waals surface area contributed by atoms with Crippen molar-refractivity contribution in [2.45, 2.75) is 19.3 Å². The quantitative estimate of drug-likeness (QED) is 0.734. The summed E-state index contributed by atoms with van der Waals surface area (Å²) in [7, 11) is 1.99. The molecule has 128 valence electrons. The number of nitrogens with zero attached hydrogens (tertiary/aromatic N) is 6. The van der Waals surface area contributed by atoms with Gasteiger partial charge in [-0.05, 0) is 42.9 Å². The van der Waals surface area contributed by atoms with E-state index in [0.29, 0.717) is 5.92 Å². The summed E-state index contributed by atoms with van der Waals surface area (Å²) >= 11 is 0. The molecule has 4 rings (SSSR count). The maximum absolute atomic E-state index is 4.62. The maximum atomic E-state index is 4.62. The minimum atomic E-state index is 0.711. The Morgan fingerprint density at radius 3 is 2.56 bits per heavy atom. The Kier molecular flexibility index (Phi) is 4.41. The molecule has 3 aromatic heterocycles. The van der Waals surface area contributed by atoms with E-state index in [-0.39, 0.29) is 0 Å². The van der Waals surface area contributed by atoms with Crippen molar-refractivity contribution < 1.29 is 0 Å². The van der Waals surface area contributed by atoms with Crippen LogP contribution in [0.3, 0.4) is 0 Å². The molecule has 1 saturated heterocycles. The van der Waals surface area contributed by atoms with Gasteiger partial charge in [-0.1, -0.05) is 6.07 Å². The molecule has 0 amide bonds. The molecule has 3 aromatic rings. The number of aromatic nitrogens is 5. The molecule has 0 saturated carbocycles. The largest absolute Gasteiger partial charge is 0.357 e. The minimum absolute atomic E-state index is 0.711. The molecule has 0 radical (unpaired) electrons. The predicted molar refractivity (Wildman–Crippen MR) is 97.1 cm³/mol. The summed E-state index contributed by atoms with van der Waals surface area (Å²) < 4.78 is 1.99. The highest BCUT2D eigenvalue weighted by Gasteiger charge is 2.20. The zero-order valence-corrected chi connectivity index (χ0v) is 14.4. The summed E-state index contributed by atoms with van der Waals surface area (Å²) in [6.07, 6.45) is 12.6. The Hall–Kier alpha value is -2.76. The normalized spacial score (nSPS) is 15.5. The van der Waals surface area contributed by atoms with Gasteiger partial charge in [0.2, 0.25) is 0 Å². The lowest BCUT2D eigenvalue weighted by Crippen LogP contribution is -2.34. The van der Waals surface area contributed by atoms with E-state index in [0.717, 1.165) is 36.7 Å². The van der Waals surface area contributed by atoms with Crippen LogP contribution in [0, 0.1) is 5.92 Å². The maximum Gasteiger partial charge on any atom is 0.131 e. The number of pyridine rings is 1. The molecule has 1 aliphatic heterocycles. The van der Waals surface area contributed by atoms with Gasteiger partial charge in [0.15, 0.2) is 0 Å². The first-order chi connectivity index (χ1) is 12.3. The number of aryl methyl sites for hydroxylation is 1. The van der Waals surface area contributed by atoms with E-state index >= 15 is 0 Å². The third-order valence-electron chi connectivity index (χ3n) is 4.93. The van der Waals surface area contributed by atoms with Crippen LogP contribution in [0.5, 0.6) is 0 Å².